The molecule has 5 rings (SSSR count). The fourth-order valence-electron chi connectivity index (χ4n) is 5.28. The fourth-order valence-corrected chi connectivity index (χ4v) is 5.40. The number of halogens is 1. The van der Waals surface area contributed by atoms with Gasteiger partial charge in [0.25, 0.3) is 0 Å². The van der Waals surface area contributed by atoms with Crippen molar-refractivity contribution in [3.8, 4) is 0 Å². The number of carboxylic acid groups (broad SMARTS) is 1. The molecule has 0 aliphatic heterocycles. The molecular formula is C32H38ClN5O4. The summed E-state index contributed by atoms with van der Waals surface area (Å²) in [5, 5.41) is 28.7. The largest absolute Gasteiger partial charge is 0.481 e. The van der Waals surface area contributed by atoms with Crippen molar-refractivity contribution in [1.29, 1.82) is 0 Å². The van der Waals surface area contributed by atoms with Crippen molar-refractivity contribution < 1.29 is 19.8 Å². The minimum Gasteiger partial charge on any atom is -0.481 e. The van der Waals surface area contributed by atoms with Gasteiger partial charge in [-0.3, -0.25) is 9.59 Å². The van der Waals surface area contributed by atoms with Crippen LogP contribution in [-0.2, 0) is 22.6 Å². The first-order chi connectivity index (χ1) is 20.1. The molecule has 0 bridgehead atoms. The predicted molar refractivity (Wildman–Crippen MR) is 164 cm³/mol. The first-order valence-corrected chi connectivity index (χ1v) is 14.5. The molecule has 4 N–H and O–H groups in total. The topological polar surface area (TPSA) is 133 Å². The normalized spacial score (nSPS) is 18.5. The number of hydrogen-bond acceptors (Lipinski definition) is 5. The van der Waals surface area contributed by atoms with Gasteiger partial charge in [-0.05, 0) is 66.0 Å². The Morgan fingerprint density at radius 1 is 1.14 bits per heavy atom. The van der Waals surface area contributed by atoms with Gasteiger partial charge in [-0.2, -0.15) is 5.10 Å². The number of carbonyl (C=O) groups excluding carboxylic acids is 1. The third-order valence-electron chi connectivity index (χ3n) is 7.92. The molecule has 222 valence electrons. The summed E-state index contributed by atoms with van der Waals surface area (Å²) >= 11 is 5.94. The van der Waals surface area contributed by atoms with E-state index < -0.39 is 11.6 Å². The van der Waals surface area contributed by atoms with Crippen molar-refractivity contribution in [2.45, 2.75) is 64.5 Å². The Balaban J connectivity index is 0.000000194. The Morgan fingerprint density at radius 2 is 1.90 bits per heavy atom. The lowest BCUT2D eigenvalue weighted by Crippen LogP contribution is -2.45. The number of aliphatic hydroxyl groups is 1. The number of carbonyl (C=O) groups is 2. The molecule has 0 spiro atoms. The molecule has 0 saturated heterocycles. The number of H-pyrrole nitrogens is 1. The highest BCUT2D eigenvalue weighted by atomic mass is 35.5. The van der Waals surface area contributed by atoms with E-state index in [1.807, 2.05) is 48.7 Å². The fraction of sp³-hybridized carbons (Fsp3) is 0.375. The number of aliphatic carboxylic acids is 1. The summed E-state index contributed by atoms with van der Waals surface area (Å²) < 4.78 is 1.70. The molecule has 2 heterocycles. The summed E-state index contributed by atoms with van der Waals surface area (Å²) in [4.78, 5) is 29.0. The van der Waals surface area contributed by atoms with E-state index in [0.717, 1.165) is 35.9 Å². The van der Waals surface area contributed by atoms with Crippen molar-refractivity contribution in [1.82, 2.24) is 25.1 Å². The van der Waals surface area contributed by atoms with E-state index in [4.69, 9.17) is 16.7 Å². The lowest BCUT2D eigenvalue weighted by molar-refractivity contribution is -0.137. The van der Waals surface area contributed by atoms with Crippen molar-refractivity contribution in [3.05, 3.63) is 89.1 Å². The summed E-state index contributed by atoms with van der Waals surface area (Å²) in [6.45, 7) is 5.19. The molecule has 2 aromatic carbocycles. The number of benzene rings is 2. The van der Waals surface area contributed by atoms with Gasteiger partial charge in [-0.15, -0.1) is 0 Å². The van der Waals surface area contributed by atoms with Gasteiger partial charge in [0, 0.05) is 41.5 Å². The highest BCUT2D eigenvalue weighted by Gasteiger charge is 2.51. The lowest BCUT2D eigenvalue weighted by atomic mass is 9.76. The number of aromatic amines is 1. The van der Waals surface area contributed by atoms with E-state index in [1.165, 1.54) is 17.3 Å². The van der Waals surface area contributed by atoms with Crippen LogP contribution in [0.3, 0.4) is 0 Å². The number of para-hydroxylation sites is 1. The van der Waals surface area contributed by atoms with Crippen LogP contribution in [0.5, 0.6) is 0 Å². The molecule has 42 heavy (non-hydrogen) atoms. The summed E-state index contributed by atoms with van der Waals surface area (Å²) in [5.74, 6) is -0.956. The number of rotatable bonds is 10. The SMILES string of the molecule is CC1(C)CC/C(=C\c2ccc(Cl)cc2)C1(O)Cn1cncn1.O=C(O)CCCC(=O)NCCc1c[nH]c2ccccc12. The van der Waals surface area contributed by atoms with E-state index in [0.29, 0.717) is 24.5 Å². The molecule has 1 saturated carbocycles. The van der Waals surface area contributed by atoms with Crippen molar-refractivity contribution in [2.75, 3.05) is 6.54 Å². The van der Waals surface area contributed by atoms with Gasteiger partial charge >= 0.3 is 5.97 Å². The Morgan fingerprint density at radius 3 is 2.62 bits per heavy atom. The Labute approximate surface area is 250 Å². The smallest absolute Gasteiger partial charge is 0.303 e. The Kier molecular flexibility index (Phi) is 10.2. The highest BCUT2D eigenvalue weighted by molar-refractivity contribution is 6.30. The maximum atomic E-state index is 11.5. The number of amides is 1. The molecule has 1 aliphatic carbocycles. The van der Waals surface area contributed by atoms with Gasteiger partial charge in [0.2, 0.25) is 5.91 Å². The number of carboxylic acids is 1. The predicted octanol–water partition coefficient (Wildman–Crippen LogP) is 5.65. The summed E-state index contributed by atoms with van der Waals surface area (Å²) in [7, 11) is 0. The number of fused-ring (bicyclic) bond motifs is 1. The number of nitrogens with zero attached hydrogens (tertiary/aromatic N) is 3. The zero-order valence-electron chi connectivity index (χ0n) is 24.0. The monoisotopic (exact) mass is 591 g/mol. The van der Waals surface area contributed by atoms with Crippen LogP contribution < -0.4 is 5.32 Å². The Bertz CT molecular complexity index is 1510. The second kappa shape index (κ2) is 13.8. The third-order valence-corrected chi connectivity index (χ3v) is 8.18. The lowest BCUT2D eigenvalue weighted by Gasteiger charge is -2.37. The molecule has 1 aliphatic rings. The van der Waals surface area contributed by atoms with Gasteiger partial charge in [0.1, 0.15) is 18.3 Å². The highest BCUT2D eigenvalue weighted by Crippen LogP contribution is 2.50. The molecule has 0 radical (unpaired) electrons. The molecule has 9 nitrogen and oxygen atoms in total. The van der Waals surface area contributed by atoms with Gasteiger partial charge in [-0.25, -0.2) is 9.67 Å². The van der Waals surface area contributed by atoms with Crippen molar-refractivity contribution in [2.24, 2.45) is 5.41 Å². The zero-order valence-corrected chi connectivity index (χ0v) is 24.8. The van der Waals surface area contributed by atoms with Crippen LogP contribution in [0.15, 0.2) is 73.0 Å². The molecule has 1 unspecified atom stereocenters. The first kappa shape index (κ1) is 31.0. The van der Waals surface area contributed by atoms with E-state index in [-0.39, 0.29) is 24.2 Å². The summed E-state index contributed by atoms with van der Waals surface area (Å²) in [5.41, 5.74) is 3.21. The van der Waals surface area contributed by atoms with Gasteiger partial charge in [0.15, 0.2) is 0 Å². The van der Waals surface area contributed by atoms with Crippen LogP contribution in [0.2, 0.25) is 5.02 Å². The minimum absolute atomic E-state index is 0.0376. The van der Waals surface area contributed by atoms with Crippen LogP contribution in [0.4, 0.5) is 0 Å². The van der Waals surface area contributed by atoms with Crippen LogP contribution >= 0.6 is 11.6 Å². The number of nitrogens with one attached hydrogen (secondary N) is 2. The van der Waals surface area contributed by atoms with Gasteiger partial charge in [-0.1, -0.05) is 61.9 Å². The van der Waals surface area contributed by atoms with E-state index in [1.54, 1.807) is 11.0 Å². The maximum Gasteiger partial charge on any atom is 0.303 e. The van der Waals surface area contributed by atoms with Crippen LogP contribution in [-0.4, -0.2) is 54.0 Å². The molecule has 2 aromatic heterocycles. The second-order valence-electron chi connectivity index (χ2n) is 11.3. The third kappa shape index (κ3) is 7.86. The average molecular weight is 592 g/mol. The minimum atomic E-state index is -0.930. The second-order valence-corrected chi connectivity index (χ2v) is 11.7. The van der Waals surface area contributed by atoms with E-state index >= 15 is 0 Å². The molecule has 10 heteroatoms. The molecule has 4 aromatic rings. The summed E-state index contributed by atoms with van der Waals surface area (Å²) in [6, 6.07) is 15.7. The standard InChI is InChI=1S/C17H20ClN3O.C15H18N2O3/c1-16(2)8-7-14(9-13-3-5-15(18)6-4-13)17(16,22)10-21-12-19-11-20-21;18-14(6-3-7-15(19)20)16-9-8-11-10-17-13-5-2-1-4-12(11)13/h3-6,9,11-12,22H,7-8,10H2,1-2H3;1-2,4-5,10,17H,3,6-9H2,(H,16,18)(H,19,20)/b14-9+;. The van der Waals surface area contributed by atoms with Gasteiger partial charge < -0.3 is 20.5 Å². The quantitative estimate of drug-likeness (QED) is 0.188. The number of aromatic nitrogens is 4. The number of hydrogen-bond donors (Lipinski definition) is 4. The average Bonchev–Trinajstić information content (AvgIpc) is 3.66. The first-order valence-electron chi connectivity index (χ1n) is 14.1. The van der Waals surface area contributed by atoms with Crippen molar-refractivity contribution >= 4 is 40.5 Å². The van der Waals surface area contributed by atoms with Crippen LogP contribution in [0.25, 0.3) is 17.0 Å². The maximum absolute atomic E-state index is 11.5. The zero-order chi connectivity index (χ0) is 30.2. The Hall–Kier alpha value is -3.95. The van der Waals surface area contributed by atoms with Crippen LogP contribution in [0, 0.1) is 5.41 Å². The van der Waals surface area contributed by atoms with Gasteiger partial charge in [0.05, 0.1) is 6.54 Å². The molecule has 1 fully saturated rings. The summed E-state index contributed by atoms with van der Waals surface area (Å²) in [6.07, 6.45) is 10.4. The van der Waals surface area contributed by atoms with E-state index in [9.17, 15) is 14.7 Å². The molecule has 1 amide bonds. The molecular weight excluding hydrogens is 554 g/mol. The molecule has 1 atom stereocenters. The van der Waals surface area contributed by atoms with E-state index in [2.05, 4.69) is 46.4 Å². The van der Waals surface area contributed by atoms with Crippen LogP contribution in [0.1, 0.15) is 57.1 Å². The van der Waals surface area contributed by atoms with Crippen molar-refractivity contribution in [3.63, 3.8) is 0 Å².